The predicted molar refractivity (Wildman–Crippen MR) is 78.0 cm³/mol. The molecule has 4 N–H and O–H groups in total. The third kappa shape index (κ3) is 2.52. The number of anilines is 3. The first-order valence-electron chi connectivity index (χ1n) is 6.10. The van der Waals surface area contributed by atoms with Gasteiger partial charge >= 0.3 is 0 Å². The van der Waals surface area contributed by atoms with E-state index in [2.05, 4.69) is 20.5 Å². The molecule has 0 aliphatic carbocycles. The van der Waals surface area contributed by atoms with Gasteiger partial charge in [-0.05, 0) is 24.3 Å². The van der Waals surface area contributed by atoms with E-state index >= 15 is 0 Å². The van der Waals surface area contributed by atoms with Crippen LogP contribution in [-0.4, -0.2) is 15.2 Å². The summed E-state index contributed by atoms with van der Waals surface area (Å²) in [6.07, 6.45) is -2.73. The molecule has 0 saturated heterocycles. The molecule has 0 atom stereocenters. The van der Waals surface area contributed by atoms with Crippen LogP contribution in [0.2, 0.25) is 5.02 Å². The van der Waals surface area contributed by atoms with Crippen LogP contribution in [0.3, 0.4) is 0 Å². The number of nitrogens with two attached hydrogens (primary N) is 1. The van der Waals surface area contributed by atoms with Crippen molar-refractivity contribution < 1.29 is 13.2 Å². The molecule has 0 saturated carbocycles. The number of fused-ring (bicyclic) bond motifs is 1. The fraction of sp³-hybridized carbons (Fsp3) is 0.0769. The lowest BCUT2D eigenvalue weighted by molar-refractivity contribution is 0.151. The molecule has 0 aliphatic heterocycles. The number of nitrogens with zero attached hydrogens (tertiary/aromatic N) is 2. The number of pyridine rings is 1. The summed E-state index contributed by atoms with van der Waals surface area (Å²) in [5, 5.41) is 9.16. The quantitative estimate of drug-likeness (QED) is 0.679. The van der Waals surface area contributed by atoms with Gasteiger partial charge in [0.25, 0.3) is 6.43 Å². The number of hydrogen-bond donors (Lipinski definition) is 3. The maximum atomic E-state index is 14.0. The van der Waals surface area contributed by atoms with Gasteiger partial charge < -0.3 is 11.1 Å². The summed E-state index contributed by atoms with van der Waals surface area (Å²) in [7, 11) is 0. The Balaban J connectivity index is 1.99. The summed E-state index contributed by atoms with van der Waals surface area (Å²) in [6, 6.07) is 5.05. The van der Waals surface area contributed by atoms with Gasteiger partial charge in [-0.3, -0.25) is 5.10 Å². The van der Waals surface area contributed by atoms with Crippen molar-refractivity contribution in [3.63, 3.8) is 0 Å². The molecule has 22 heavy (non-hydrogen) atoms. The van der Waals surface area contributed by atoms with Crippen LogP contribution in [0.25, 0.3) is 11.0 Å². The van der Waals surface area contributed by atoms with Crippen molar-refractivity contribution >= 4 is 40.0 Å². The number of benzene rings is 1. The van der Waals surface area contributed by atoms with E-state index in [1.54, 1.807) is 0 Å². The minimum Gasteiger partial charge on any atom is -0.382 e. The minimum atomic E-state index is -2.73. The highest BCUT2D eigenvalue weighted by Crippen LogP contribution is 2.31. The molecule has 114 valence electrons. The number of hydrogen-bond acceptors (Lipinski definition) is 4. The Morgan fingerprint density at radius 3 is 2.77 bits per heavy atom. The van der Waals surface area contributed by atoms with E-state index in [9.17, 15) is 13.2 Å². The molecule has 5 nitrogen and oxygen atoms in total. The second-order valence-corrected chi connectivity index (χ2v) is 4.89. The number of aromatic amines is 1. The SMILES string of the molecule is Nc1n[nH]c2nc(Nc3ccc(Cl)c(C(F)F)c3)c(F)cc12. The van der Waals surface area contributed by atoms with Crippen molar-refractivity contribution in [2.45, 2.75) is 6.43 Å². The van der Waals surface area contributed by atoms with Gasteiger partial charge in [0.05, 0.1) is 5.39 Å². The number of H-pyrrole nitrogens is 1. The molecule has 0 aliphatic rings. The Kier molecular flexibility index (Phi) is 3.53. The standard InChI is InChI=1S/C13H9ClF3N5/c14-8-2-1-5(3-6(8)10(16)17)19-13-9(15)4-7-11(18)21-22-12(7)20-13/h1-4,10H,(H4,18,19,20,21,22). The minimum absolute atomic E-state index is 0.0641. The van der Waals surface area contributed by atoms with E-state index < -0.39 is 12.2 Å². The predicted octanol–water partition coefficient (Wildman–Crippen LogP) is 4.01. The summed E-state index contributed by atoms with van der Waals surface area (Å²) in [5.41, 5.74) is 5.72. The third-order valence-corrected chi connectivity index (χ3v) is 3.37. The average molecular weight is 328 g/mol. The van der Waals surface area contributed by atoms with Crippen LogP contribution in [0, 0.1) is 5.82 Å². The van der Waals surface area contributed by atoms with Gasteiger partial charge in [0.2, 0.25) is 0 Å². The molecule has 2 heterocycles. The van der Waals surface area contributed by atoms with Crippen molar-refractivity contribution in [1.29, 1.82) is 0 Å². The first-order valence-corrected chi connectivity index (χ1v) is 6.48. The Labute approximate surface area is 127 Å². The van der Waals surface area contributed by atoms with Crippen molar-refractivity contribution in [3.05, 3.63) is 40.7 Å². The molecule has 2 aromatic heterocycles. The number of halogens is 4. The summed E-state index contributed by atoms with van der Waals surface area (Å²) in [5.74, 6) is -0.702. The van der Waals surface area contributed by atoms with E-state index in [1.165, 1.54) is 12.1 Å². The summed E-state index contributed by atoms with van der Waals surface area (Å²) < 4.78 is 39.6. The van der Waals surface area contributed by atoms with Gasteiger partial charge in [-0.15, -0.1) is 0 Å². The molecule has 0 fully saturated rings. The van der Waals surface area contributed by atoms with E-state index in [-0.39, 0.29) is 33.6 Å². The molecule has 0 amide bonds. The largest absolute Gasteiger partial charge is 0.382 e. The second kappa shape index (κ2) is 5.38. The van der Waals surface area contributed by atoms with Crippen molar-refractivity contribution in [3.8, 4) is 0 Å². The topological polar surface area (TPSA) is 79.6 Å². The maximum absolute atomic E-state index is 14.0. The van der Waals surface area contributed by atoms with E-state index in [0.717, 1.165) is 12.1 Å². The van der Waals surface area contributed by atoms with Crippen LogP contribution in [0.4, 0.5) is 30.5 Å². The Bertz CT molecular complexity index is 849. The highest BCUT2D eigenvalue weighted by Gasteiger charge is 2.15. The molecule has 9 heteroatoms. The molecule has 1 aromatic carbocycles. The normalized spacial score (nSPS) is 11.3. The van der Waals surface area contributed by atoms with Gasteiger partial charge in [0, 0.05) is 16.3 Å². The van der Waals surface area contributed by atoms with Gasteiger partial charge in [-0.1, -0.05) is 11.6 Å². The molecule has 3 rings (SSSR count). The van der Waals surface area contributed by atoms with Crippen LogP contribution in [0.1, 0.15) is 12.0 Å². The fourth-order valence-corrected chi connectivity index (χ4v) is 2.16. The molecule has 0 unspecified atom stereocenters. The average Bonchev–Trinajstić information content (AvgIpc) is 2.82. The zero-order chi connectivity index (χ0) is 15.9. The highest BCUT2D eigenvalue weighted by molar-refractivity contribution is 6.31. The first-order chi connectivity index (χ1) is 10.5. The van der Waals surface area contributed by atoms with Crippen LogP contribution in [0.15, 0.2) is 24.3 Å². The van der Waals surface area contributed by atoms with Gasteiger partial charge in [-0.25, -0.2) is 18.2 Å². The Morgan fingerprint density at radius 1 is 1.27 bits per heavy atom. The summed E-state index contributed by atoms with van der Waals surface area (Å²) in [6.45, 7) is 0. The van der Waals surface area contributed by atoms with Crippen molar-refractivity contribution in [2.24, 2.45) is 0 Å². The zero-order valence-electron chi connectivity index (χ0n) is 10.9. The third-order valence-electron chi connectivity index (χ3n) is 3.03. The lowest BCUT2D eigenvalue weighted by Crippen LogP contribution is -1.99. The molecular weight excluding hydrogens is 319 g/mol. The molecule has 3 aromatic rings. The van der Waals surface area contributed by atoms with E-state index in [4.69, 9.17) is 17.3 Å². The van der Waals surface area contributed by atoms with Crippen LogP contribution in [0.5, 0.6) is 0 Å². The molecule has 0 radical (unpaired) electrons. The van der Waals surface area contributed by atoms with E-state index in [1.807, 2.05) is 0 Å². The van der Waals surface area contributed by atoms with Crippen LogP contribution in [-0.2, 0) is 0 Å². The lowest BCUT2D eigenvalue weighted by Gasteiger charge is -2.10. The molecular formula is C13H9ClF3N5. The molecule has 0 spiro atoms. The van der Waals surface area contributed by atoms with Crippen molar-refractivity contribution in [1.82, 2.24) is 15.2 Å². The number of alkyl halides is 2. The fourth-order valence-electron chi connectivity index (χ4n) is 1.96. The number of nitrogens with one attached hydrogen (secondary N) is 2. The van der Waals surface area contributed by atoms with Crippen LogP contribution < -0.4 is 11.1 Å². The summed E-state index contributed by atoms with van der Waals surface area (Å²) in [4.78, 5) is 3.98. The van der Waals surface area contributed by atoms with Gasteiger partial charge in [0.1, 0.15) is 0 Å². The van der Waals surface area contributed by atoms with Gasteiger partial charge in [-0.2, -0.15) is 5.10 Å². The smallest absolute Gasteiger partial charge is 0.265 e. The Hall–Kier alpha value is -2.48. The highest BCUT2D eigenvalue weighted by atomic mass is 35.5. The second-order valence-electron chi connectivity index (χ2n) is 4.49. The first kappa shape index (κ1) is 14.5. The monoisotopic (exact) mass is 327 g/mol. The number of rotatable bonds is 3. The lowest BCUT2D eigenvalue weighted by atomic mass is 10.2. The Morgan fingerprint density at radius 2 is 2.05 bits per heavy atom. The summed E-state index contributed by atoms with van der Waals surface area (Å²) >= 11 is 5.68. The van der Waals surface area contributed by atoms with Crippen LogP contribution >= 0.6 is 11.6 Å². The number of aromatic nitrogens is 3. The maximum Gasteiger partial charge on any atom is 0.265 e. The van der Waals surface area contributed by atoms with Crippen molar-refractivity contribution in [2.75, 3.05) is 11.1 Å². The van der Waals surface area contributed by atoms with Gasteiger partial charge in [0.15, 0.2) is 23.1 Å². The zero-order valence-corrected chi connectivity index (χ0v) is 11.6. The van der Waals surface area contributed by atoms with E-state index in [0.29, 0.717) is 5.39 Å². The number of nitrogen functional groups attached to an aromatic ring is 1. The molecule has 0 bridgehead atoms.